The van der Waals surface area contributed by atoms with E-state index in [2.05, 4.69) is 0 Å². The first-order valence-corrected chi connectivity index (χ1v) is 6.67. The molecule has 0 N–H and O–H groups in total. The lowest BCUT2D eigenvalue weighted by atomic mass is 9.98. The third-order valence-corrected chi connectivity index (χ3v) is 2.55. The van der Waals surface area contributed by atoms with Crippen LogP contribution in [0.5, 0.6) is 0 Å². The summed E-state index contributed by atoms with van der Waals surface area (Å²) in [5.74, 6) is -0.339. The minimum atomic E-state index is -0.510. The van der Waals surface area contributed by atoms with Crippen LogP contribution in [0.4, 0.5) is 0 Å². The molecule has 0 aromatic heterocycles. The molecule has 0 heterocycles. The van der Waals surface area contributed by atoms with E-state index in [1.54, 1.807) is 20.8 Å². The summed E-state index contributed by atoms with van der Waals surface area (Å²) in [6.45, 7) is 11.1. The predicted molar refractivity (Wildman–Crippen MR) is 76.6 cm³/mol. The Morgan fingerprint density at radius 1 is 1.17 bits per heavy atom. The van der Waals surface area contributed by atoms with Gasteiger partial charge in [-0.15, -0.1) is 0 Å². The second kappa shape index (κ2) is 9.03. The Morgan fingerprint density at radius 2 is 1.56 bits per heavy atom. The van der Waals surface area contributed by atoms with Crippen LogP contribution < -0.4 is 0 Å². The molecule has 0 aromatic carbocycles. The van der Waals surface area contributed by atoms with Gasteiger partial charge in [-0.05, 0) is 41.0 Å². The van der Waals surface area contributed by atoms with Crippen molar-refractivity contribution < 1.29 is 14.6 Å². The monoisotopic (exact) mass is 318 g/mol. The number of carbonyl (C=O) groups excluding carboxylic acids is 1. The van der Waals surface area contributed by atoms with Crippen LogP contribution >= 0.6 is 34.8 Å². The third kappa shape index (κ3) is 12.5. The van der Waals surface area contributed by atoms with Gasteiger partial charge in [0.1, 0.15) is 10.1 Å². The summed E-state index contributed by atoms with van der Waals surface area (Å²) >= 11 is 14.8. The van der Waals surface area contributed by atoms with Crippen LogP contribution in [0.2, 0.25) is 0 Å². The molecule has 0 bridgehead atoms. The molecule has 0 radical (unpaired) electrons. The van der Waals surface area contributed by atoms with Gasteiger partial charge in [0, 0.05) is 5.54 Å². The fourth-order valence-electron chi connectivity index (χ4n) is 0.335. The molecule has 0 fully saturated rings. The number of rotatable bonds is 3. The molecule has 0 amide bonds. The largest absolute Gasteiger partial charge is 0.347 e. The van der Waals surface area contributed by atoms with Gasteiger partial charge in [-0.25, -0.2) is 4.79 Å². The SMILES string of the molecule is CCC(C)(C)OOC(=O)C(C)(C)C.ClC=C(Cl)Cl. The van der Waals surface area contributed by atoms with E-state index < -0.39 is 11.0 Å². The number of hydrogen-bond acceptors (Lipinski definition) is 3. The zero-order valence-corrected chi connectivity index (χ0v) is 13.9. The minimum absolute atomic E-state index is 0.0895. The van der Waals surface area contributed by atoms with Crippen molar-refractivity contribution in [2.45, 2.75) is 53.6 Å². The lowest BCUT2D eigenvalue weighted by Gasteiger charge is -2.23. The Bertz CT molecular complexity index is 277. The molecule has 0 aliphatic carbocycles. The highest BCUT2D eigenvalue weighted by Gasteiger charge is 2.27. The van der Waals surface area contributed by atoms with Crippen molar-refractivity contribution in [3.05, 3.63) is 10.0 Å². The van der Waals surface area contributed by atoms with E-state index >= 15 is 0 Å². The number of carbonyl (C=O) groups is 1. The standard InChI is InChI=1S/C10H20O3.C2HCl3/c1-7-10(5,6)13-12-8(11)9(2,3)4;3-1-2(4)5/h7H2,1-6H3;1H. The Labute approximate surface area is 124 Å². The first kappa shape index (κ1) is 20.4. The second-order valence-corrected chi connectivity index (χ2v) is 6.44. The smallest absolute Gasteiger partial charge is 0.297 e. The van der Waals surface area contributed by atoms with E-state index in [9.17, 15) is 4.79 Å². The molecule has 0 aliphatic rings. The van der Waals surface area contributed by atoms with Gasteiger partial charge in [0.05, 0.1) is 5.41 Å². The summed E-state index contributed by atoms with van der Waals surface area (Å²) in [6.07, 6.45) is 0.796. The van der Waals surface area contributed by atoms with Gasteiger partial charge >= 0.3 is 5.97 Å². The quantitative estimate of drug-likeness (QED) is 0.530. The predicted octanol–water partition coefficient (Wildman–Crippen LogP) is 5.20. The molecule has 0 unspecified atom stereocenters. The van der Waals surface area contributed by atoms with E-state index in [-0.39, 0.29) is 10.5 Å². The van der Waals surface area contributed by atoms with Crippen molar-refractivity contribution in [2.24, 2.45) is 5.41 Å². The zero-order chi connectivity index (χ0) is 15.0. The lowest BCUT2D eigenvalue weighted by Crippen LogP contribution is -2.30. The molecule has 0 saturated carbocycles. The number of hydrogen-bond donors (Lipinski definition) is 0. The summed E-state index contributed by atoms with van der Waals surface area (Å²) in [5, 5.41) is 0. The van der Waals surface area contributed by atoms with E-state index in [1.165, 1.54) is 0 Å². The van der Waals surface area contributed by atoms with Crippen molar-refractivity contribution >= 4 is 40.8 Å². The molecule has 108 valence electrons. The summed E-state index contributed by atoms with van der Waals surface area (Å²) in [6, 6.07) is 0. The van der Waals surface area contributed by atoms with Crippen molar-refractivity contribution in [3.63, 3.8) is 0 Å². The highest BCUT2D eigenvalue weighted by Crippen LogP contribution is 2.19. The van der Waals surface area contributed by atoms with Gasteiger partial charge in [-0.1, -0.05) is 41.7 Å². The molecule has 0 spiro atoms. The van der Waals surface area contributed by atoms with Gasteiger partial charge in [-0.3, -0.25) is 4.89 Å². The molecular weight excluding hydrogens is 298 g/mol. The van der Waals surface area contributed by atoms with E-state index in [4.69, 9.17) is 44.6 Å². The fraction of sp³-hybridized carbons (Fsp3) is 0.750. The van der Waals surface area contributed by atoms with E-state index in [0.717, 1.165) is 12.0 Å². The van der Waals surface area contributed by atoms with Crippen LogP contribution in [-0.2, 0) is 14.6 Å². The highest BCUT2D eigenvalue weighted by atomic mass is 35.5. The van der Waals surface area contributed by atoms with Crippen molar-refractivity contribution in [1.82, 2.24) is 0 Å². The molecule has 6 heteroatoms. The first-order valence-electron chi connectivity index (χ1n) is 5.47. The molecular formula is C12H21Cl3O3. The van der Waals surface area contributed by atoms with Gasteiger partial charge < -0.3 is 0 Å². The highest BCUT2D eigenvalue weighted by molar-refractivity contribution is 6.58. The van der Waals surface area contributed by atoms with Crippen LogP contribution in [0, 0.1) is 5.41 Å². The van der Waals surface area contributed by atoms with Gasteiger partial charge in [-0.2, -0.15) is 4.89 Å². The summed E-state index contributed by atoms with van der Waals surface area (Å²) < 4.78 is 0.0895. The van der Waals surface area contributed by atoms with Crippen molar-refractivity contribution in [1.29, 1.82) is 0 Å². The van der Waals surface area contributed by atoms with Crippen molar-refractivity contribution in [3.8, 4) is 0 Å². The van der Waals surface area contributed by atoms with Gasteiger partial charge in [0.2, 0.25) is 0 Å². The summed E-state index contributed by atoms with van der Waals surface area (Å²) in [7, 11) is 0. The Balaban J connectivity index is 0. The molecule has 0 saturated heterocycles. The van der Waals surface area contributed by atoms with Crippen LogP contribution in [0.3, 0.4) is 0 Å². The van der Waals surface area contributed by atoms with Crippen LogP contribution in [0.25, 0.3) is 0 Å². The summed E-state index contributed by atoms with van der Waals surface area (Å²) in [4.78, 5) is 21.0. The molecule has 0 atom stereocenters. The topological polar surface area (TPSA) is 35.5 Å². The lowest BCUT2D eigenvalue weighted by molar-refractivity contribution is -0.330. The number of halogens is 3. The van der Waals surface area contributed by atoms with Crippen LogP contribution in [0.15, 0.2) is 10.0 Å². The van der Waals surface area contributed by atoms with E-state index in [1.807, 2.05) is 20.8 Å². The van der Waals surface area contributed by atoms with Crippen LogP contribution in [0.1, 0.15) is 48.0 Å². The van der Waals surface area contributed by atoms with Gasteiger partial charge in [0.25, 0.3) is 0 Å². The molecule has 0 rings (SSSR count). The summed E-state index contributed by atoms with van der Waals surface area (Å²) in [5.41, 5.74) is 0.174. The molecule has 3 nitrogen and oxygen atoms in total. The molecule has 0 aliphatic heterocycles. The van der Waals surface area contributed by atoms with Gasteiger partial charge in [0.15, 0.2) is 0 Å². The Morgan fingerprint density at radius 3 is 1.78 bits per heavy atom. The zero-order valence-electron chi connectivity index (χ0n) is 11.6. The fourth-order valence-corrected chi connectivity index (χ4v) is 0.335. The maximum atomic E-state index is 11.3. The second-order valence-electron chi connectivity index (χ2n) is 5.22. The first-order chi connectivity index (χ1) is 7.96. The normalized spacial score (nSPS) is 11.2. The molecule has 18 heavy (non-hydrogen) atoms. The average Bonchev–Trinajstić information content (AvgIpc) is 2.25. The van der Waals surface area contributed by atoms with E-state index in [0.29, 0.717) is 0 Å². The van der Waals surface area contributed by atoms with Crippen LogP contribution in [-0.4, -0.2) is 11.6 Å². The Hall–Kier alpha value is 0.0400. The maximum absolute atomic E-state index is 11.3. The third-order valence-electron chi connectivity index (χ3n) is 1.89. The average molecular weight is 320 g/mol. The Kier molecular flexibility index (Phi) is 10.2. The molecule has 0 aromatic rings. The minimum Gasteiger partial charge on any atom is -0.297 e. The maximum Gasteiger partial charge on any atom is 0.347 e. The van der Waals surface area contributed by atoms with Crippen molar-refractivity contribution in [2.75, 3.05) is 0 Å².